The van der Waals surface area contributed by atoms with Crippen molar-refractivity contribution in [3.63, 3.8) is 0 Å². The number of carbonyl (C=O) groups excluding carboxylic acids is 1. The maximum Gasteiger partial charge on any atom is 0.358 e. The van der Waals surface area contributed by atoms with Crippen molar-refractivity contribution in [3.8, 4) is 0 Å². The van der Waals surface area contributed by atoms with Crippen LogP contribution in [0.25, 0.3) is 0 Å². The van der Waals surface area contributed by atoms with Gasteiger partial charge in [-0.05, 0) is 37.7 Å². The van der Waals surface area contributed by atoms with E-state index in [1.807, 2.05) is 18.7 Å². The molecular weight excluding hydrogens is 268 g/mol. The van der Waals surface area contributed by atoms with Crippen molar-refractivity contribution >= 4 is 34.2 Å². The van der Waals surface area contributed by atoms with Crippen LogP contribution in [0.2, 0.25) is 0 Å². The van der Waals surface area contributed by atoms with Gasteiger partial charge in [0.25, 0.3) is 0 Å². The second kappa shape index (κ2) is 6.43. The summed E-state index contributed by atoms with van der Waals surface area (Å²) in [5.41, 5.74) is 0.449. The Morgan fingerprint density at radius 1 is 1.61 bits per heavy atom. The molecule has 0 aliphatic carbocycles. The largest absolute Gasteiger partial charge is 0.461 e. The molecule has 1 unspecified atom stereocenters. The minimum absolute atomic E-state index is 0.323. The Labute approximate surface area is 116 Å². The van der Waals surface area contributed by atoms with Crippen molar-refractivity contribution < 1.29 is 9.53 Å². The fourth-order valence-electron chi connectivity index (χ4n) is 1.84. The van der Waals surface area contributed by atoms with Crippen molar-refractivity contribution in [3.05, 3.63) is 10.6 Å². The fraction of sp³-hybridized carbons (Fsp3) is 0.667. The molecule has 4 nitrogen and oxygen atoms in total. The van der Waals surface area contributed by atoms with Crippen molar-refractivity contribution in [1.82, 2.24) is 4.98 Å². The minimum atomic E-state index is -0.323. The highest BCUT2D eigenvalue weighted by molar-refractivity contribution is 7.99. The standard InChI is InChI=1S/C12H18N2O2S2/c1-3-16-11(15)10-8(2)18-12(14-10)13-6-9-4-5-17-7-9/h9H,3-7H2,1-2H3,(H,13,14). The van der Waals surface area contributed by atoms with E-state index in [9.17, 15) is 4.79 Å². The molecule has 1 N–H and O–H groups in total. The zero-order valence-corrected chi connectivity index (χ0v) is 12.3. The van der Waals surface area contributed by atoms with Crippen molar-refractivity contribution in [2.24, 2.45) is 5.92 Å². The van der Waals surface area contributed by atoms with E-state index in [-0.39, 0.29) is 5.97 Å². The van der Waals surface area contributed by atoms with Gasteiger partial charge in [-0.25, -0.2) is 9.78 Å². The molecule has 0 amide bonds. The van der Waals surface area contributed by atoms with E-state index < -0.39 is 0 Å². The summed E-state index contributed by atoms with van der Waals surface area (Å²) >= 11 is 3.53. The highest BCUT2D eigenvalue weighted by Gasteiger charge is 2.18. The number of ether oxygens (including phenoxy) is 1. The molecule has 2 heterocycles. The van der Waals surface area contributed by atoms with Gasteiger partial charge in [-0.1, -0.05) is 0 Å². The number of rotatable bonds is 5. The van der Waals surface area contributed by atoms with Crippen molar-refractivity contribution in [2.45, 2.75) is 20.3 Å². The zero-order valence-electron chi connectivity index (χ0n) is 10.7. The Bertz CT molecular complexity index is 414. The molecule has 18 heavy (non-hydrogen) atoms. The third-order valence-corrected chi connectivity index (χ3v) is 4.99. The Morgan fingerprint density at radius 2 is 2.44 bits per heavy atom. The van der Waals surface area contributed by atoms with Crippen LogP contribution >= 0.6 is 23.1 Å². The predicted octanol–water partition coefficient (Wildman–Crippen LogP) is 2.79. The molecule has 0 aromatic carbocycles. The van der Waals surface area contributed by atoms with Gasteiger partial charge in [-0.3, -0.25) is 0 Å². The molecular formula is C12H18N2O2S2. The molecule has 0 saturated carbocycles. The van der Waals surface area contributed by atoms with Gasteiger partial charge in [-0.15, -0.1) is 11.3 Å². The van der Waals surface area contributed by atoms with Crippen LogP contribution in [-0.4, -0.2) is 35.6 Å². The predicted molar refractivity (Wildman–Crippen MR) is 76.7 cm³/mol. The summed E-state index contributed by atoms with van der Waals surface area (Å²) in [4.78, 5) is 16.9. The smallest absolute Gasteiger partial charge is 0.358 e. The van der Waals surface area contributed by atoms with Gasteiger partial charge in [0.1, 0.15) is 0 Å². The molecule has 1 aliphatic heterocycles. The summed E-state index contributed by atoms with van der Waals surface area (Å²) in [6.45, 7) is 5.04. The van der Waals surface area contributed by atoms with E-state index in [0.29, 0.717) is 12.3 Å². The molecule has 1 aromatic rings. The highest BCUT2D eigenvalue weighted by atomic mass is 32.2. The second-order valence-electron chi connectivity index (χ2n) is 4.25. The lowest BCUT2D eigenvalue weighted by Crippen LogP contribution is -2.13. The Balaban J connectivity index is 1.93. The molecule has 1 aliphatic rings. The number of thiazole rings is 1. The van der Waals surface area contributed by atoms with E-state index in [0.717, 1.165) is 22.5 Å². The van der Waals surface area contributed by atoms with Gasteiger partial charge < -0.3 is 10.1 Å². The quantitative estimate of drug-likeness (QED) is 0.844. The third-order valence-electron chi connectivity index (χ3n) is 2.83. The van der Waals surface area contributed by atoms with Crippen LogP contribution in [0.3, 0.4) is 0 Å². The average molecular weight is 286 g/mol. The topological polar surface area (TPSA) is 51.2 Å². The number of hydrogen-bond donors (Lipinski definition) is 1. The van der Waals surface area contributed by atoms with Crippen LogP contribution in [0, 0.1) is 12.8 Å². The summed E-state index contributed by atoms with van der Waals surface area (Å²) in [6, 6.07) is 0. The second-order valence-corrected chi connectivity index (χ2v) is 6.61. The highest BCUT2D eigenvalue weighted by Crippen LogP contribution is 2.26. The molecule has 100 valence electrons. The molecule has 1 fully saturated rings. The number of aromatic nitrogens is 1. The number of esters is 1. The van der Waals surface area contributed by atoms with Crippen LogP contribution in [0.1, 0.15) is 28.7 Å². The number of aryl methyl sites for hydroxylation is 1. The normalized spacial score (nSPS) is 18.9. The molecule has 0 radical (unpaired) electrons. The van der Waals surface area contributed by atoms with Crippen molar-refractivity contribution in [2.75, 3.05) is 30.0 Å². The van der Waals surface area contributed by atoms with Gasteiger partial charge in [0.05, 0.1) is 6.61 Å². The molecule has 2 rings (SSSR count). The Morgan fingerprint density at radius 3 is 3.11 bits per heavy atom. The van der Waals surface area contributed by atoms with Gasteiger partial charge in [-0.2, -0.15) is 11.8 Å². The molecule has 1 atom stereocenters. The van der Waals surface area contributed by atoms with Gasteiger partial charge in [0.15, 0.2) is 10.8 Å². The Kier molecular flexibility index (Phi) is 4.88. The Hall–Kier alpha value is -0.750. The van der Waals surface area contributed by atoms with Crippen LogP contribution in [0.5, 0.6) is 0 Å². The lowest BCUT2D eigenvalue weighted by molar-refractivity contribution is 0.0519. The first-order chi connectivity index (χ1) is 8.70. The van der Waals surface area contributed by atoms with E-state index in [1.54, 1.807) is 6.92 Å². The number of nitrogens with one attached hydrogen (secondary N) is 1. The maximum absolute atomic E-state index is 11.6. The summed E-state index contributed by atoms with van der Waals surface area (Å²) in [5.74, 6) is 2.89. The first kappa shape index (κ1) is 13.7. The maximum atomic E-state index is 11.6. The first-order valence-corrected chi connectivity index (χ1v) is 8.14. The lowest BCUT2D eigenvalue weighted by atomic mass is 10.1. The van der Waals surface area contributed by atoms with Crippen LogP contribution < -0.4 is 5.32 Å². The summed E-state index contributed by atoms with van der Waals surface area (Å²) < 4.78 is 4.97. The van der Waals surface area contributed by atoms with Crippen molar-refractivity contribution in [1.29, 1.82) is 0 Å². The number of thioether (sulfide) groups is 1. The molecule has 1 saturated heterocycles. The number of nitrogens with zero attached hydrogens (tertiary/aromatic N) is 1. The van der Waals surface area contributed by atoms with Gasteiger partial charge >= 0.3 is 5.97 Å². The van der Waals surface area contributed by atoms with Gasteiger partial charge in [0.2, 0.25) is 0 Å². The monoisotopic (exact) mass is 286 g/mol. The zero-order chi connectivity index (χ0) is 13.0. The fourth-order valence-corrected chi connectivity index (χ4v) is 3.93. The summed E-state index contributed by atoms with van der Waals surface area (Å²) in [5, 5.41) is 4.16. The molecule has 1 aromatic heterocycles. The number of carbonyl (C=O) groups is 1. The van der Waals surface area contributed by atoms with Crippen LogP contribution in [-0.2, 0) is 4.74 Å². The number of hydrogen-bond acceptors (Lipinski definition) is 6. The minimum Gasteiger partial charge on any atom is -0.461 e. The SMILES string of the molecule is CCOC(=O)c1nc(NCC2CCSC2)sc1C. The van der Waals surface area contributed by atoms with E-state index >= 15 is 0 Å². The lowest BCUT2D eigenvalue weighted by Gasteiger charge is -2.07. The summed E-state index contributed by atoms with van der Waals surface area (Å²) in [6.07, 6.45) is 1.27. The summed E-state index contributed by atoms with van der Waals surface area (Å²) in [7, 11) is 0. The average Bonchev–Trinajstić information content (AvgIpc) is 2.96. The van der Waals surface area contributed by atoms with Gasteiger partial charge in [0, 0.05) is 11.4 Å². The molecule has 0 bridgehead atoms. The number of anilines is 1. The van der Waals surface area contributed by atoms with E-state index in [2.05, 4.69) is 10.3 Å². The third kappa shape index (κ3) is 3.38. The van der Waals surface area contributed by atoms with E-state index in [1.165, 1.54) is 29.3 Å². The van der Waals surface area contributed by atoms with E-state index in [4.69, 9.17) is 4.74 Å². The molecule has 6 heteroatoms. The van der Waals surface area contributed by atoms with Crippen LogP contribution in [0.15, 0.2) is 0 Å². The molecule has 0 spiro atoms. The first-order valence-electron chi connectivity index (χ1n) is 6.17. The van der Waals surface area contributed by atoms with Crippen LogP contribution in [0.4, 0.5) is 5.13 Å².